The van der Waals surface area contributed by atoms with Crippen LogP contribution in [0.1, 0.15) is 39.7 Å². The van der Waals surface area contributed by atoms with Gasteiger partial charge in [0, 0.05) is 26.9 Å². The number of rotatable bonds is 8. The van der Waals surface area contributed by atoms with Crippen LogP contribution >= 0.6 is 0 Å². The summed E-state index contributed by atoms with van der Waals surface area (Å²) in [6.45, 7) is 7.25. The number of amides is 2. The Labute approximate surface area is 161 Å². The van der Waals surface area contributed by atoms with E-state index in [1.54, 1.807) is 27.8 Å². The first-order valence-corrected chi connectivity index (χ1v) is 9.01. The van der Waals surface area contributed by atoms with Crippen LogP contribution in [0.3, 0.4) is 0 Å². The second kappa shape index (κ2) is 10.5. The third kappa shape index (κ3) is 9.08. The number of nitrogens with zero attached hydrogens (tertiary/aromatic N) is 1. The number of ether oxygens (including phenoxy) is 2. The first-order chi connectivity index (χ1) is 12.6. The van der Waals surface area contributed by atoms with Gasteiger partial charge in [0.1, 0.15) is 11.6 Å². The molecule has 1 N–H and O–H groups in total. The molecule has 0 bridgehead atoms. The molecule has 150 valence electrons. The molecule has 0 spiro atoms. The van der Waals surface area contributed by atoms with Crippen LogP contribution in [-0.4, -0.2) is 54.7 Å². The molecule has 1 atom stereocenters. The normalized spacial score (nSPS) is 12.0. The fraction of sp³-hybridized carbons (Fsp3) is 0.550. The zero-order chi connectivity index (χ0) is 20.4. The lowest BCUT2D eigenvalue weighted by atomic mass is 10.0. The van der Waals surface area contributed by atoms with Crippen molar-refractivity contribution in [3.05, 3.63) is 35.9 Å². The highest BCUT2D eigenvalue weighted by Crippen LogP contribution is 2.14. The minimum atomic E-state index is -0.712. The Balaban J connectivity index is 2.76. The summed E-state index contributed by atoms with van der Waals surface area (Å²) in [5.74, 6) is -0.636. The minimum Gasteiger partial charge on any atom is -0.466 e. The van der Waals surface area contributed by atoms with Crippen molar-refractivity contribution in [3.8, 4) is 0 Å². The average Bonchev–Trinajstić information content (AvgIpc) is 2.57. The highest BCUT2D eigenvalue weighted by molar-refractivity contribution is 5.86. The van der Waals surface area contributed by atoms with Gasteiger partial charge in [0.25, 0.3) is 0 Å². The summed E-state index contributed by atoms with van der Waals surface area (Å²) in [5.41, 5.74) is 0.288. The van der Waals surface area contributed by atoms with Crippen molar-refractivity contribution in [1.82, 2.24) is 10.2 Å². The molecule has 1 aromatic rings. The van der Waals surface area contributed by atoms with Crippen LogP contribution in [0.4, 0.5) is 4.79 Å². The molecule has 0 aliphatic rings. The Morgan fingerprint density at radius 3 is 2.33 bits per heavy atom. The molecule has 0 aromatic heterocycles. The molecule has 0 radical (unpaired) electrons. The zero-order valence-corrected chi connectivity index (χ0v) is 16.8. The predicted octanol–water partition coefficient (Wildman–Crippen LogP) is 2.53. The van der Waals surface area contributed by atoms with Crippen LogP contribution in [0.25, 0.3) is 0 Å². The van der Waals surface area contributed by atoms with E-state index in [1.165, 1.54) is 11.8 Å². The number of likely N-dealkylation sites (N-methyl/N-ethyl adjacent to an activating group) is 1. The van der Waals surface area contributed by atoms with Crippen LogP contribution in [0.15, 0.2) is 30.3 Å². The van der Waals surface area contributed by atoms with E-state index in [2.05, 4.69) is 5.32 Å². The van der Waals surface area contributed by atoms with Gasteiger partial charge in [0.15, 0.2) is 0 Å². The Bertz CT molecular complexity index is 625. The second-order valence-corrected chi connectivity index (χ2v) is 7.28. The van der Waals surface area contributed by atoms with Gasteiger partial charge in [-0.1, -0.05) is 30.3 Å². The maximum Gasteiger partial charge on any atom is 0.410 e. The Morgan fingerprint density at radius 1 is 1.15 bits per heavy atom. The summed E-state index contributed by atoms with van der Waals surface area (Å²) in [6.07, 6.45) is 0.310. The molecule has 2 amide bonds. The van der Waals surface area contributed by atoms with Crippen molar-refractivity contribution in [2.24, 2.45) is 0 Å². The van der Waals surface area contributed by atoms with E-state index in [0.717, 1.165) is 5.56 Å². The first kappa shape index (κ1) is 22.5. The molecule has 27 heavy (non-hydrogen) atoms. The smallest absolute Gasteiger partial charge is 0.410 e. The fourth-order valence-electron chi connectivity index (χ4n) is 2.32. The topological polar surface area (TPSA) is 84.9 Å². The van der Waals surface area contributed by atoms with Gasteiger partial charge in [0.05, 0.1) is 6.61 Å². The predicted molar refractivity (Wildman–Crippen MR) is 102 cm³/mol. The van der Waals surface area contributed by atoms with Crippen molar-refractivity contribution in [1.29, 1.82) is 0 Å². The monoisotopic (exact) mass is 378 g/mol. The lowest BCUT2D eigenvalue weighted by Crippen LogP contribution is -2.50. The molecule has 0 heterocycles. The summed E-state index contributed by atoms with van der Waals surface area (Å²) in [6, 6.07) is 8.77. The van der Waals surface area contributed by atoms with E-state index in [4.69, 9.17) is 9.47 Å². The van der Waals surface area contributed by atoms with E-state index in [0.29, 0.717) is 19.4 Å². The summed E-state index contributed by atoms with van der Waals surface area (Å²) in [4.78, 5) is 37.2. The van der Waals surface area contributed by atoms with Crippen molar-refractivity contribution in [2.45, 2.75) is 52.2 Å². The van der Waals surface area contributed by atoms with Gasteiger partial charge in [-0.25, -0.2) is 4.79 Å². The zero-order valence-electron chi connectivity index (χ0n) is 16.8. The van der Waals surface area contributed by atoms with Crippen LogP contribution in [0, 0.1) is 0 Å². The van der Waals surface area contributed by atoms with E-state index in [1.807, 2.05) is 30.3 Å². The number of hydrogen-bond donors (Lipinski definition) is 1. The molecule has 0 saturated carbocycles. The van der Waals surface area contributed by atoms with E-state index < -0.39 is 17.7 Å². The van der Waals surface area contributed by atoms with E-state index >= 15 is 0 Å². The van der Waals surface area contributed by atoms with Crippen LogP contribution < -0.4 is 5.32 Å². The molecule has 1 rings (SSSR count). The Hall–Kier alpha value is -2.57. The van der Waals surface area contributed by atoms with Crippen LogP contribution in [0.5, 0.6) is 0 Å². The van der Waals surface area contributed by atoms with Gasteiger partial charge in [0.2, 0.25) is 5.91 Å². The molecular weight excluding hydrogens is 348 g/mol. The standard InChI is InChI=1S/C20H30N2O5/c1-15(23)26-13-9-12-21-18(24)17(14-16-10-7-6-8-11-16)22(5)19(25)27-20(2,3)4/h6-8,10-11,17H,9,12-14H2,1-5H3,(H,21,24). The first-order valence-electron chi connectivity index (χ1n) is 9.01. The largest absolute Gasteiger partial charge is 0.466 e. The lowest BCUT2D eigenvalue weighted by molar-refractivity contribution is -0.141. The van der Waals surface area contributed by atoms with Crippen molar-refractivity contribution < 1.29 is 23.9 Å². The summed E-state index contributed by atoms with van der Waals surface area (Å²) < 4.78 is 10.2. The quantitative estimate of drug-likeness (QED) is 0.555. The third-order valence-electron chi connectivity index (χ3n) is 3.65. The molecule has 0 aliphatic heterocycles. The van der Waals surface area contributed by atoms with Crippen molar-refractivity contribution in [2.75, 3.05) is 20.2 Å². The molecule has 1 aromatic carbocycles. The molecule has 7 heteroatoms. The number of hydrogen-bond acceptors (Lipinski definition) is 5. The van der Waals surface area contributed by atoms with Crippen LogP contribution in [-0.2, 0) is 25.5 Å². The molecule has 0 fully saturated rings. The summed E-state index contributed by atoms with van der Waals surface area (Å²) in [7, 11) is 1.56. The van der Waals surface area contributed by atoms with Gasteiger partial charge >= 0.3 is 12.1 Å². The summed E-state index contributed by atoms with van der Waals surface area (Å²) >= 11 is 0. The molecule has 0 saturated heterocycles. The van der Waals surface area contributed by atoms with E-state index in [-0.39, 0.29) is 18.5 Å². The van der Waals surface area contributed by atoms with Gasteiger partial charge in [-0.2, -0.15) is 0 Å². The van der Waals surface area contributed by atoms with Gasteiger partial charge in [-0.15, -0.1) is 0 Å². The number of esters is 1. The third-order valence-corrected chi connectivity index (χ3v) is 3.65. The average molecular weight is 378 g/mol. The SMILES string of the molecule is CC(=O)OCCCNC(=O)C(Cc1ccccc1)N(C)C(=O)OC(C)(C)C. The number of carbonyl (C=O) groups excluding carboxylic acids is 3. The van der Waals surface area contributed by atoms with Gasteiger partial charge in [-0.05, 0) is 32.8 Å². The van der Waals surface area contributed by atoms with E-state index in [9.17, 15) is 14.4 Å². The Kier molecular flexibility index (Phi) is 8.78. The van der Waals surface area contributed by atoms with Crippen LogP contribution in [0.2, 0.25) is 0 Å². The molecule has 0 aliphatic carbocycles. The van der Waals surface area contributed by atoms with Gasteiger partial charge in [-0.3, -0.25) is 14.5 Å². The Morgan fingerprint density at radius 2 is 1.78 bits per heavy atom. The number of nitrogens with one attached hydrogen (secondary N) is 1. The van der Waals surface area contributed by atoms with Crippen molar-refractivity contribution in [3.63, 3.8) is 0 Å². The second-order valence-electron chi connectivity index (χ2n) is 7.28. The van der Waals surface area contributed by atoms with Gasteiger partial charge < -0.3 is 14.8 Å². The highest BCUT2D eigenvalue weighted by atomic mass is 16.6. The highest BCUT2D eigenvalue weighted by Gasteiger charge is 2.30. The fourth-order valence-corrected chi connectivity index (χ4v) is 2.32. The number of carbonyl (C=O) groups is 3. The molecular formula is C20H30N2O5. The minimum absolute atomic E-state index is 0.237. The summed E-state index contributed by atoms with van der Waals surface area (Å²) in [5, 5.41) is 2.80. The lowest BCUT2D eigenvalue weighted by Gasteiger charge is -2.30. The molecule has 7 nitrogen and oxygen atoms in total. The maximum absolute atomic E-state index is 12.7. The number of benzene rings is 1. The maximum atomic E-state index is 12.7. The van der Waals surface area contributed by atoms with Crippen molar-refractivity contribution >= 4 is 18.0 Å². The molecule has 1 unspecified atom stereocenters.